The molecule has 9 nitrogen and oxygen atoms in total. The average Bonchev–Trinajstić information content (AvgIpc) is 3.31. The summed E-state index contributed by atoms with van der Waals surface area (Å²) >= 11 is 0. The summed E-state index contributed by atoms with van der Waals surface area (Å²) < 4.78 is 26.5. The van der Waals surface area contributed by atoms with E-state index in [0.717, 1.165) is 16.5 Å². The molecule has 0 N–H and O–H groups in total. The first-order chi connectivity index (χ1) is 16.0. The third-order valence-electron chi connectivity index (χ3n) is 5.15. The van der Waals surface area contributed by atoms with E-state index in [1.807, 2.05) is 31.2 Å². The molecule has 0 spiro atoms. The number of hydrogen-bond acceptors (Lipinski definition) is 9. The molecule has 0 saturated carbocycles. The van der Waals surface area contributed by atoms with Crippen molar-refractivity contribution in [2.24, 2.45) is 0 Å². The minimum atomic E-state index is -0.538. The summed E-state index contributed by atoms with van der Waals surface area (Å²) in [4.78, 5) is 21.9. The number of hydrogen-bond donors (Lipinski definition) is 0. The van der Waals surface area contributed by atoms with Crippen LogP contribution in [-0.4, -0.2) is 42.4 Å². The summed E-state index contributed by atoms with van der Waals surface area (Å²) in [6, 6.07) is 12.9. The molecule has 0 radical (unpaired) electrons. The SMILES string of the molecule is COCc1nc2ccccc2c(C)c1C(=O)OCc1nc(-c2ccc(OC)c(OC)c2)no1. The molecule has 33 heavy (non-hydrogen) atoms. The summed E-state index contributed by atoms with van der Waals surface area (Å²) in [6.45, 7) is 1.86. The standard InChI is InChI=1S/C24H23N3O6/c1-14-16-7-5-6-8-17(16)25-18(12-29-2)22(14)24(28)32-13-21-26-23(27-33-21)15-9-10-19(30-3)20(11-15)31-4/h5-11H,12-13H2,1-4H3. The fourth-order valence-electron chi connectivity index (χ4n) is 3.56. The number of pyridine rings is 1. The lowest BCUT2D eigenvalue weighted by Crippen LogP contribution is -2.13. The van der Waals surface area contributed by atoms with E-state index in [2.05, 4.69) is 15.1 Å². The first kappa shape index (κ1) is 22.2. The first-order valence-electron chi connectivity index (χ1n) is 10.1. The normalized spacial score (nSPS) is 10.9. The van der Waals surface area contributed by atoms with Gasteiger partial charge in [-0.15, -0.1) is 0 Å². The highest BCUT2D eigenvalue weighted by Crippen LogP contribution is 2.31. The van der Waals surface area contributed by atoms with Crippen LogP contribution in [0.2, 0.25) is 0 Å². The molecular formula is C24H23N3O6. The Kier molecular flexibility index (Phi) is 6.50. The molecule has 9 heteroatoms. The van der Waals surface area contributed by atoms with Crippen LogP contribution in [0.4, 0.5) is 0 Å². The fourth-order valence-corrected chi connectivity index (χ4v) is 3.56. The maximum absolute atomic E-state index is 13.0. The van der Waals surface area contributed by atoms with Gasteiger partial charge in [0.25, 0.3) is 5.89 Å². The molecule has 0 aliphatic heterocycles. The molecule has 0 fully saturated rings. The Morgan fingerprint density at radius 1 is 0.970 bits per heavy atom. The van der Waals surface area contributed by atoms with E-state index >= 15 is 0 Å². The minimum absolute atomic E-state index is 0.160. The van der Waals surface area contributed by atoms with Crippen molar-refractivity contribution in [3.05, 3.63) is 65.2 Å². The second-order valence-corrected chi connectivity index (χ2v) is 7.17. The molecule has 2 aromatic carbocycles. The number of fused-ring (bicyclic) bond motifs is 1. The zero-order valence-electron chi connectivity index (χ0n) is 18.7. The van der Waals surface area contributed by atoms with E-state index in [-0.39, 0.29) is 19.1 Å². The second kappa shape index (κ2) is 9.66. The number of aryl methyl sites for hydroxylation is 1. The number of rotatable bonds is 8. The predicted octanol–water partition coefficient (Wildman–Crippen LogP) is 4.11. The van der Waals surface area contributed by atoms with E-state index in [1.165, 1.54) is 0 Å². The minimum Gasteiger partial charge on any atom is -0.493 e. The number of aromatic nitrogens is 3. The Labute approximate surface area is 190 Å². The van der Waals surface area contributed by atoms with Crippen molar-refractivity contribution in [3.8, 4) is 22.9 Å². The summed E-state index contributed by atoms with van der Waals surface area (Å²) in [6.07, 6.45) is 0. The van der Waals surface area contributed by atoms with E-state index in [4.69, 9.17) is 23.5 Å². The molecule has 0 bridgehead atoms. The first-order valence-corrected chi connectivity index (χ1v) is 10.1. The van der Waals surface area contributed by atoms with E-state index in [9.17, 15) is 4.79 Å². The van der Waals surface area contributed by atoms with Gasteiger partial charge in [-0.1, -0.05) is 23.4 Å². The number of benzene rings is 2. The van der Waals surface area contributed by atoms with Gasteiger partial charge in [-0.3, -0.25) is 0 Å². The molecule has 4 rings (SSSR count). The molecular weight excluding hydrogens is 426 g/mol. The van der Waals surface area contributed by atoms with Crippen LogP contribution in [0, 0.1) is 6.92 Å². The Morgan fingerprint density at radius 3 is 2.52 bits per heavy atom. The highest BCUT2D eigenvalue weighted by Gasteiger charge is 2.21. The number of ether oxygens (including phenoxy) is 4. The van der Waals surface area contributed by atoms with Crippen LogP contribution in [0.3, 0.4) is 0 Å². The summed E-state index contributed by atoms with van der Waals surface area (Å²) in [5, 5.41) is 4.84. The van der Waals surface area contributed by atoms with Crippen LogP contribution in [0.5, 0.6) is 11.5 Å². The van der Waals surface area contributed by atoms with Crippen molar-refractivity contribution in [1.29, 1.82) is 0 Å². The Morgan fingerprint density at radius 2 is 1.76 bits per heavy atom. The third-order valence-corrected chi connectivity index (χ3v) is 5.15. The molecule has 0 unspecified atom stereocenters. The largest absolute Gasteiger partial charge is 0.493 e. The number of esters is 1. The van der Waals surface area contributed by atoms with Crippen LogP contribution in [-0.2, 0) is 22.7 Å². The predicted molar refractivity (Wildman–Crippen MR) is 119 cm³/mol. The topological polar surface area (TPSA) is 106 Å². The van der Waals surface area contributed by atoms with Crippen LogP contribution < -0.4 is 9.47 Å². The van der Waals surface area contributed by atoms with Gasteiger partial charge in [-0.05, 0) is 36.8 Å². The lowest BCUT2D eigenvalue weighted by Gasteiger charge is -2.13. The molecule has 2 aromatic heterocycles. The zero-order valence-corrected chi connectivity index (χ0v) is 18.7. The molecule has 0 aliphatic rings. The van der Waals surface area contributed by atoms with E-state index in [1.54, 1.807) is 39.5 Å². The Bertz CT molecular complexity index is 1300. The number of carbonyl (C=O) groups excluding carboxylic acids is 1. The lowest BCUT2D eigenvalue weighted by molar-refractivity contribution is 0.0423. The number of methoxy groups -OCH3 is 3. The molecule has 2 heterocycles. The van der Waals surface area contributed by atoms with Crippen LogP contribution in [0.25, 0.3) is 22.3 Å². The summed E-state index contributed by atoms with van der Waals surface area (Å²) in [5.41, 5.74) is 3.11. The maximum atomic E-state index is 13.0. The molecule has 0 atom stereocenters. The average molecular weight is 449 g/mol. The van der Waals surface area contributed by atoms with Gasteiger partial charge < -0.3 is 23.5 Å². The lowest BCUT2D eigenvalue weighted by atomic mass is 10.0. The number of carbonyl (C=O) groups is 1. The van der Waals surface area contributed by atoms with Gasteiger partial charge in [0.15, 0.2) is 18.1 Å². The van der Waals surface area contributed by atoms with Crippen LogP contribution >= 0.6 is 0 Å². The Hall–Kier alpha value is -3.98. The van der Waals surface area contributed by atoms with Gasteiger partial charge in [0, 0.05) is 18.1 Å². The van der Waals surface area contributed by atoms with Crippen molar-refractivity contribution in [2.45, 2.75) is 20.1 Å². The van der Waals surface area contributed by atoms with Gasteiger partial charge in [0.2, 0.25) is 5.82 Å². The highest BCUT2D eigenvalue weighted by atomic mass is 16.6. The second-order valence-electron chi connectivity index (χ2n) is 7.17. The third kappa shape index (κ3) is 4.49. The van der Waals surface area contributed by atoms with E-state index < -0.39 is 5.97 Å². The highest BCUT2D eigenvalue weighted by molar-refractivity contribution is 5.98. The molecule has 0 aliphatic carbocycles. The quantitative estimate of drug-likeness (QED) is 0.367. The van der Waals surface area contributed by atoms with Gasteiger partial charge in [0.1, 0.15) is 0 Å². The summed E-state index contributed by atoms with van der Waals surface area (Å²) in [5.74, 6) is 1.09. The van der Waals surface area contributed by atoms with Crippen molar-refractivity contribution >= 4 is 16.9 Å². The monoisotopic (exact) mass is 449 g/mol. The van der Waals surface area contributed by atoms with E-state index in [0.29, 0.717) is 34.1 Å². The van der Waals surface area contributed by atoms with Gasteiger partial charge in [-0.25, -0.2) is 9.78 Å². The summed E-state index contributed by atoms with van der Waals surface area (Å²) in [7, 11) is 4.66. The molecule has 170 valence electrons. The van der Waals surface area contributed by atoms with Gasteiger partial charge >= 0.3 is 5.97 Å². The van der Waals surface area contributed by atoms with Crippen LogP contribution in [0.1, 0.15) is 27.5 Å². The van der Waals surface area contributed by atoms with Gasteiger partial charge in [0.05, 0.1) is 37.6 Å². The van der Waals surface area contributed by atoms with Crippen LogP contribution in [0.15, 0.2) is 47.0 Å². The number of nitrogens with zero attached hydrogens (tertiary/aromatic N) is 3. The van der Waals surface area contributed by atoms with Gasteiger partial charge in [-0.2, -0.15) is 4.98 Å². The number of para-hydroxylation sites is 1. The van der Waals surface area contributed by atoms with Crippen molar-refractivity contribution in [1.82, 2.24) is 15.1 Å². The fraction of sp³-hybridized carbons (Fsp3) is 0.250. The molecule has 4 aromatic rings. The zero-order chi connectivity index (χ0) is 23.4. The van der Waals surface area contributed by atoms with Crippen molar-refractivity contribution < 1.29 is 28.3 Å². The van der Waals surface area contributed by atoms with Crippen molar-refractivity contribution in [2.75, 3.05) is 21.3 Å². The smallest absolute Gasteiger partial charge is 0.340 e. The molecule has 0 saturated heterocycles. The maximum Gasteiger partial charge on any atom is 0.340 e. The Balaban J connectivity index is 1.55. The molecule has 0 amide bonds. The van der Waals surface area contributed by atoms with Crippen molar-refractivity contribution in [3.63, 3.8) is 0 Å².